The number of hydrogen-bond acceptors (Lipinski definition) is 5. The highest BCUT2D eigenvalue weighted by molar-refractivity contribution is 6.37. The highest BCUT2D eigenvalue weighted by Gasteiger charge is 2.33. The van der Waals surface area contributed by atoms with Crippen LogP contribution in [0.25, 0.3) is 0 Å². The summed E-state index contributed by atoms with van der Waals surface area (Å²) in [4.78, 5) is 44.8. The molecule has 0 saturated carbocycles. The number of nitrogens with zero attached hydrogens (tertiary/aromatic N) is 2. The molecule has 3 aromatic carbocycles. The van der Waals surface area contributed by atoms with Crippen LogP contribution in [0.1, 0.15) is 29.7 Å². The Labute approximate surface area is 223 Å². The number of nitrogens with one attached hydrogen (secondary N) is 2. The minimum atomic E-state index is -1.45. The van der Waals surface area contributed by atoms with E-state index < -0.39 is 36.0 Å². The molecule has 3 aromatic rings. The Morgan fingerprint density at radius 1 is 0.973 bits per heavy atom. The van der Waals surface area contributed by atoms with Gasteiger partial charge in [0.2, 0.25) is 12.1 Å². The van der Waals surface area contributed by atoms with Gasteiger partial charge in [0, 0.05) is 28.2 Å². The molecule has 0 aliphatic carbocycles. The Kier molecular flexibility index (Phi) is 7.92. The van der Waals surface area contributed by atoms with Crippen LogP contribution in [0.2, 0.25) is 10.0 Å². The summed E-state index contributed by atoms with van der Waals surface area (Å²) < 4.78 is 0. The average Bonchev–Trinajstić information content (AvgIpc) is 2.99. The van der Waals surface area contributed by atoms with Crippen LogP contribution >= 0.6 is 23.2 Å². The third kappa shape index (κ3) is 5.67. The molecule has 1 aliphatic heterocycles. The van der Waals surface area contributed by atoms with Crippen molar-refractivity contribution in [2.45, 2.75) is 25.2 Å². The summed E-state index contributed by atoms with van der Waals surface area (Å²) in [7, 11) is 1.57. The molecule has 0 radical (unpaired) electrons. The van der Waals surface area contributed by atoms with Crippen molar-refractivity contribution in [3.63, 3.8) is 0 Å². The number of anilines is 1. The van der Waals surface area contributed by atoms with Crippen molar-refractivity contribution in [2.24, 2.45) is 4.99 Å². The van der Waals surface area contributed by atoms with Crippen LogP contribution < -0.4 is 15.5 Å². The molecule has 1 aliphatic rings. The molecule has 0 saturated heterocycles. The molecule has 0 bridgehead atoms. The van der Waals surface area contributed by atoms with Crippen LogP contribution in [-0.4, -0.2) is 47.8 Å². The predicted octanol–water partition coefficient (Wildman–Crippen LogP) is 3.49. The first-order valence-electron chi connectivity index (χ1n) is 11.4. The number of amides is 3. The quantitative estimate of drug-likeness (QED) is 0.446. The van der Waals surface area contributed by atoms with Gasteiger partial charge in [0.1, 0.15) is 6.04 Å². The first kappa shape index (κ1) is 26.3. The fraction of sp³-hybridized carbons (Fsp3) is 0.185. The minimum Gasteiger partial charge on any atom is -0.378 e. The van der Waals surface area contributed by atoms with E-state index in [0.29, 0.717) is 38.1 Å². The van der Waals surface area contributed by atoms with Crippen LogP contribution in [0, 0.1) is 0 Å². The smallest absolute Gasteiger partial charge is 0.272 e. The van der Waals surface area contributed by atoms with Gasteiger partial charge in [-0.25, -0.2) is 4.99 Å². The van der Waals surface area contributed by atoms with Gasteiger partial charge in [-0.3, -0.25) is 14.4 Å². The van der Waals surface area contributed by atoms with E-state index >= 15 is 0 Å². The zero-order valence-electron chi connectivity index (χ0n) is 20.0. The van der Waals surface area contributed by atoms with Gasteiger partial charge in [-0.1, -0.05) is 71.7 Å². The third-order valence-electron chi connectivity index (χ3n) is 5.92. The molecule has 190 valence electrons. The van der Waals surface area contributed by atoms with Crippen molar-refractivity contribution < 1.29 is 19.5 Å². The summed E-state index contributed by atoms with van der Waals surface area (Å²) in [5.41, 5.74) is 2.43. The van der Waals surface area contributed by atoms with Gasteiger partial charge in [0.15, 0.2) is 6.10 Å². The summed E-state index contributed by atoms with van der Waals surface area (Å²) in [6.45, 7) is 1.45. The number of aliphatic hydroxyl groups excluding tert-OH is 1. The molecule has 3 atom stereocenters. The lowest BCUT2D eigenvalue weighted by Crippen LogP contribution is -2.52. The average molecular weight is 539 g/mol. The maximum atomic E-state index is 13.3. The van der Waals surface area contributed by atoms with Gasteiger partial charge in [0.25, 0.3) is 11.8 Å². The predicted molar refractivity (Wildman–Crippen MR) is 143 cm³/mol. The summed E-state index contributed by atoms with van der Waals surface area (Å²) in [6.07, 6.45) is -2.76. The normalized spacial score (nSPS) is 16.7. The Hall–Kier alpha value is -3.72. The fourth-order valence-electron chi connectivity index (χ4n) is 3.91. The summed E-state index contributed by atoms with van der Waals surface area (Å²) >= 11 is 12.7. The second kappa shape index (κ2) is 11.1. The number of aliphatic hydroxyl groups is 1. The Morgan fingerprint density at radius 3 is 2.35 bits per heavy atom. The molecule has 0 fully saturated rings. The van der Waals surface area contributed by atoms with Gasteiger partial charge >= 0.3 is 0 Å². The number of rotatable bonds is 6. The zero-order valence-corrected chi connectivity index (χ0v) is 21.5. The number of halogens is 2. The van der Waals surface area contributed by atoms with Crippen molar-refractivity contribution in [2.75, 3.05) is 11.9 Å². The largest absolute Gasteiger partial charge is 0.378 e. The molecule has 3 N–H and O–H groups in total. The third-order valence-corrected chi connectivity index (χ3v) is 6.49. The highest BCUT2D eigenvalue weighted by atomic mass is 35.5. The van der Waals surface area contributed by atoms with Crippen LogP contribution in [0.3, 0.4) is 0 Å². The second-order valence-electron chi connectivity index (χ2n) is 8.47. The lowest BCUT2D eigenvalue weighted by Gasteiger charge is -2.22. The van der Waals surface area contributed by atoms with Gasteiger partial charge in [-0.05, 0) is 36.8 Å². The molecule has 37 heavy (non-hydrogen) atoms. The number of benzodiazepines with no additional fused rings is 1. The number of carbonyl (C=O) groups is 3. The van der Waals surface area contributed by atoms with Crippen LogP contribution in [0.4, 0.5) is 5.69 Å². The number of benzene rings is 3. The van der Waals surface area contributed by atoms with Gasteiger partial charge in [0.05, 0.1) is 11.4 Å². The summed E-state index contributed by atoms with van der Waals surface area (Å²) in [5, 5.41) is 16.2. The molecular weight excluding hydrogens is 515 g/mol. The molecular formula is C27H24Cl2N4O4. The Morgan fingerprint density at radius 2 is 1.65 bits per heavy atom. The molecule has 0 aromatic heterocycles. The summed E-state index contributed by atoms with van der Waals surface area (Å²) in [5.74, 6) is -1.91. The van der Waals surface area contributed by atoms with E-state index in [1.165, 1.54) is 11.8 Å². The van der Waals surface area contributed by atoms with E-state index in [4.69, 9.17) is 23.2 Å². The van der Waals surface area contributed by atoms with E-state index in [1.54, 1.807) is 79.8 Å². The van der Waals surface area contributed by atoms with Crippen molar-refractivity contribution in [1.82, 2.24) is 10.6 Å². The van der Waals surface area contributed by atoms with Gasteiger partial charge < -0.3 is 20.6 Å². The van der Waals surface area contributed by atoms with Crippen molar-refractivity contribution in [1.29, 1.82) is 0 Å². The topological polar surface area (TPSA) is 111 Å². The van der Waals surface area contributed by atoms with Crippen molar-refractivity contribution in [3.05, 3.63) is 99.5 Å². The lowest BCUT2D eigenvalue weighted by molar-refractivity contribution is -0.134. The molecule has 1 unspecified atom stereocenters. The molecule has 0 spiro atoms. The SMILES string of the molecule is C[C@H](NC(=O)[C@@H](O)c1ccccc1)C(=O)NC1N=C(c2ccccc2Cl)c2cc(Cl)ccc2N(C)C1=O. The lowest BCUT2D eigenvalue weighted by atomic mass is 10.00. The molecule has 1 heterocycles. The maximum Gasteiger partial charge on any atom is 0.272 e. The number of carbonyl (C=O) groups excluding carboxylic acids is 3. The number of hydrogen-bond donors (Lipinski definition) is 3. The summed E-state index contributed by atoms with van der Waals surface area (Å²) in [6, 6.07) is 19.3. The van der Waals surface area contributed by atoms with Crippen molar-refractivity contribution in [3.8, 4) is 0 Å². The molecule has 3 amide bonds. The van der Waals surface area contributed by atoms with Gasteiger partial charge in [-0.15, -0.1) is 0 Å². The van der Waals surface area contributed by atoms with Crippen molar-refractivity contribution >= 4 is 52.3 Å². The highest BCUT2D eigenvalue weighted by Crippen LogP contribution is 2.31. The minimum absolute atomic E-state index is 0.377. The molecule has 8 nitrogen and oxygen atoms in total. The first-order valence-corrected chi connectivity index (χ1v) is 12.2. The Balaban J connectivity index is 1.62. The molecule has 4 rings (SSSR count). The van der Waals surface area contributed by atoms with E-state index in [2.05, 4.69) is 15.6 Å². The maximum absolute atomic E-state index is 13.3. The monoisotopic (exact) mass is 538 g/mol. The number of fused-ring (bicyclic) bond motifs is 1. The van der Waals surface area contributed by atoms with Crippen LogP contribution in [0.5, 0.6) is 0 Å². The van der Waals surface area contributed by atoms with Crippen LogP contribution in [-0.2, 0) is 14.4 Å². The Bertz CT molecular complexity index is 1380. The first-order chi connectivity index (χ1) is 17.7. The van der Waals surface area contributed by atoms with E-state index in [-0.39, 0.29) is 0 Å². The van der Waals surface area contributed by atoms with E-state index in [0.717, 1.165) is 0 Å². The standard InChI is InChI=1S/C27H24Cl2N4O4/c1-15(30-26(36)23(34)16-8-4-3-5-9-16)25(35)32-24-27(37)33(2)21-13-12-17(28)14-19(21)22(31-24)18-10-6-7-11-20(18)29/h3-15,23-24,34H,1-2H3,(H,30,36)(H,32,35)/t15-,23-,24?/m0/s1. The number of likely N-dealkylation sites (N-methyl/N-ethyl adjacent to an activating group) is 1. The molecule has 10 heteroatoms. The van der Waals surface area contributed by atoms with E-state index in [1.807, 2.05) is 0 Å². The number of aliphatic imine (C=N–C) groups is 1. The second-order valence-corrected chi connectivity index (χ2v) is 9.31. The van der Waals surface area contributed by atoms with Gasteiger partial charge in [-0.2, -0.15) is 0 Å². The fourth-order valence-corrected chi connectivity index (χ4v) is 4.31. The zero-order chi connectivity index (χ0) is 26.7. The van der Waals surface area contributed by atoms with Crippen LogP contribution in [0.15, 0.2) is 77.8 Å². The van der Waals surface area contributed by atoms with E-state index in [9.17, 15) is 19.5 Å².